The highest BCUT2D eigenvalue weighted by atomic mass is 19.2. The Morgan fingerprint density at radius 3 is 1.71 bits per heavy atom. The van der Waals surface area contributed by atoms with Gasteiger partial charge in [-0.1, -0.05) is 109 Å². The number of nitrogens with one attached hydrogen (secondary N) is 1. The molecule has 0 aliphatic carbocycles. The lowest BCUT2D eigenvalue weighted by Crippen LogP contribution is -2.39. The lowest BCUT2D eigenvalue weighted by atomic mass is 9.99. The summed E-state index contributed by atoms with van der Waals surface area (Å²) in [6.45, 7) is 1.66. The first-order chi connectivity index (χ1) is 24.7. The molecule has 1 fully saturated rings. The highest BCUT2D eigenvalue weighted by molar-refractivity contribution is 5.94. The summed E-state index contributed by atoms with van der Waals surface area (Å²) in [6, 6.07) is 34.7. The Morgan fingerprint density at radius 1 is 0.647 bits per heavy atom. The van der Waals surface area contributed by atoms with Crippen LogP contribution in [0.2, 0.25) is 0 Å². The van der Waals surface area contributed by atoms with Crippen molar-refractivity contribution in [3.63, 3.8) is 0 Å². The molecule has 0 unspecified atom stereocenters. The van der Waals surface area contributed by atoms with E-state index in [-0.39, 0.29) is 25.4 Å². The van der Waals surface area contributed by atoms with E-state index in [1.54, 1.807) is 24.3 Å². The van der Waals surface area contributed by atoms with Crippen molar-refractivity contribution in [3.8, 4) is 0 Å². The molecule has 51 heavy (non-hydrogen) atoms. The van der Waals surface area contributed by atoms with Crippen LogP contribution in [0.4, 0.5) is 22.0 Å². The molecule has 1 aliphatic heterocycles. The molecule has 2 N–H and O–H groups in total. The van der Waals surface area contributed by atoms with Crippen molar-refractivity contribution in [1.82, 2.24) is 10.2 Å². The van der Waals surface area contributed by atoms with E-state index in [2.05, 4.69) is 34.5 Å². The number of hydrogen-bond acceptors (Lipinski definition) is 5. The van der Waals surface area contributed by atoms with Crippen molar-refractivity contribution in [3.05, 3.63) is 177 Å². The van der Waals surface area contributed by atoms with Gasteiger partial charge in [-0.05, 0) is 27.8 Å². The summed E-state index contributed by atoms with van der Waals surface area (Å²) in [5.74, 6) is -12.6. The van der Waals surface area contributed by atoms with Crippen molar-refractivity contribution in [2.45, 2.75) is 51.2 Å². The van der Waals surface area contributed by atoms with Gasteiger partial charge in [0.05, 0.1) is 18.8 Å². The Morgan fingerprint density at radius 2 is 1.16 bits per heavy atom. The molecule has 1 aliphatic rings. The molecule has 3 atom stereocenters. The summed E-state index contributed by atoms with van der Waals surface area (Å²) < 4.78 is 82.0. The minimum absolute atomic E-state index is 0.0809. The average Bonchev–Trinajstić information content (AvgIpc) is 3.16. The molecular formula is C40H35F5N2O4. The third-order valence-corrected chi connectivity index (χ3v) is 8.72. The van der Waals surface area contributed by atoms with Crippen LogP contribution >= 0.6 is 0 Å². The quantitative estimate of drug-likeness (QED) is 0.0783. The van der Waals surface area contributed by atoms with Crippen molar-refractivity contribution >= 4 is 5.91 Å². The second-order valence-corrected chi connectivity index (χ2v) is 12.4. The van der Waals surface area contributed by atoms with Gasteiger partial charge in [-0.25, -0.2) is 22.0 Å². The summed E-state index contributed by atoms with van der Waals surface area (Å²) in [6.07, 6.45) is -0.800. The van der Waals surface area contributed by atoms with Gasteiger partial charge >= 0.3 is 0 Å². The summed E-state index contributed by atoms with van der Waals surface area (Å²) in [4.78, 5) is 14.8. The molecule has 0 bridgehead atoms. The normalized spacial score (nSPS) is 17.4. The molecule has 1 amide bonds. The maximum atomic E-state index is 14.1. The number of carbonyl (C=O) groups excluding carboxylic acids is 1. The van der Waals surface area contributed by atoms with Gasteiger partial charge in [-0.3, -0.25) is 9.69 Å². The molecule has 1 saturated heterocycles. The average molecular weight is 703 g/mol. The Hall–Kier alpha value is -4.94. The third kappa shape index (κ3) is 8.69. The zero-order valence-corrected chi connectivity index (χ0v) is 27.4. The molecule has 0 radical (unpaired) electrons. The first-order valence-corrected chi connectivity index (χ1v) is 16.4. The van der Waals surface area contributed by atoms with Gasteiger partial charge in [0.25, 0.3) is 5.91 Å². The smallest absolute Gasteiger partial charge is 0.257 e. The number of benzene rings is 5. The van der Waals surface area contributed by atoms with Crippen LogP contribution in [-0.4, -0.2) is 28.6 Å². The number of aliphatic hydroxyl groups is 1. The lowest BCUT2D eigenvalue weighted by Gasteiger charge is -2.38. The minimum atomic E-state index is -2.34. The monoisotopic (exact) mass is 702 g/mol. The Kier molecular flexibility index (Phi) is 11.5. The second kappa shape index (κ2) is 16.4. The minimum Gasteiger partial charge on any atom is -0.392 e. The predicted molar refractivity (Wildman–Crippen MR) is 179 cm³/mol. The number of rotatable bonds is 12. The summed E-state index contributed by atoms with van der Waals surface area (Å²) >= 11 is 0. The van der Waals surface area contributed by atoms with E-state index in [0.29, 0.717) is 37.2 Å². The van der Waals surface area contributed by atoms with Crippen molar-refractivity contribution < 1.29 is 41.3 Å². The second-order valence-electron chi connectivity index (χ2n) is 12.4. The number of halogens is 5. The van der Waals surface area contributed by atoms with Gasteiger partial charge in [-0.2, -0.15) is 0 Å². The highest BCUT2D eigenvalue weighted by Crippen LogP contribution is 2.38. The van der Waals surface area contributed by atoms with Gasteiger partial charge in [0, 0.05) is 38.2 Å². The van der Waals surface area contributed by atoms with Crippen LogP contribution in [0.3, 0.4) is 0 Å². The van der Waals surface area contributed by atoms with Crippen molar-refractivity contribution in [2.24, 2.45) is 0 Å². The van der Waals surface area contributed by atoms with E-state index in [4.69, 9.17) is 9.47 Å². The highest BCUT2D eigenvalue weighted by Gasteiger charge is 2.34. The van der Waals surface area contributed by atoms with Gasteiger partial charge in [-0.15, -0.1) is 0 Å². The van der Waals surface area contributed by atoms with E-state index in [1.165, 1.54) is 0 Å². The van der Waals surface area contributed by atoms with Crippen LogP contribution < -0.4 is 5.32 Å². The number of nitrogens with zero attached hydrogens (tertiary/aromatic N) is 1. The molecule has 0 aromatic heterocycles. The Labute approximate surface area is 292 Å². The molecule has 6 rings (SSSR count). The number of amides is 1. The number of aliphatic hydroxyl groups excluding tert-OH is 1. The van der Waals surface area contributed by atoms with Crippen molar-refractivity contribution in [2.75, 3.05) is 6.54 Å². The fourth-order valence-corrected chi connectivity index (χ4v) is 6.06. The first-order valence-electron chi connectivity index (χ1n) is 16.4. The summed E-state index contributed by atoms with van der Waals surface area (Å²) in [5.41, 5.74) is 3.65. The molecule has 6 nitrogen and oxygen atoms in total. The van der Waals surface area contributed by atoms with Gasteiger partial charge < -0.3 is 19.9 Å². The number of hydrogen-bond donors (Lipinski definition) is 2. The fourth-order valence-electron chi connectivity index (χ4n) is 6.06. The molecule has 0 spiro atoms. The Balaban J connectivity index is 1.20. The predicted octanol–water partition coefficient (Wildman–Crippen LogP) is 8.05. The largest absolute Gasteiger partial charge is 0.392 e. The van der Waals surface area contributed by atoms with Crippen LogP contribution in [0.1, 0.15) is 62.6 Å². The summed E-state index contributed by atoms with van der Waals surface area (Å²) in [5, 5.41) is 11.8. The molecule has 11 heteroatoms. The third-order valence-electron chi connectivity index (χ3n) is 8.72. The van der Waals surface area contributed by atoms with Gasteiger partial charge in [0.1, 0.15) is 5.56 Å². The molecule has 5 aromatic rings. The molecule has 5 aromatic carbocycles. The van der Waals surface area contributed by atoms with Crippen LogP contribution in [0.5, 0.6) is 0 Å². The van der Waals surface area contributed by atoms with E-state index in [1.807, 2.05) is 60.7 Å². The lowest BCUT2D eigenvalue weighted by molar-refractivity contribution is -0.253. The molecular weight excluding hydrogens is 667 g/mol. The van der Waals surface area contributed by atoms with E-state index in [9.17, 15) is 31.9 Å². The number of ether oxygens (including phenoxy) is 2. The van der Waals surface area contributed by atoms with E-state index >= 15 is 0 Å². The van der Waals surface area contributed by atoms with Crippen molar-refractivity contribution in [1.29, 1.82) is 0 Å². The standard InChI is InChI=1S/C40H35F5N2O4/c41-34-33(35(42)37(44)38(45)36(34)43)39(49)46-20-25-11-17-30(18-12-25)40-50-31(19-32(51-40)29-15-13-28(24-48)14-16-29)23-47(21-26-7-3-1-4-8-26)22-27-9-5-2-6-10-27/h1-18,31-32,40,48H,19-24H2,(H,46,49)/t31-,32+,40+/m0/s1. The fraction of sp³-hybridized carbons (Fsp3) is 0.225. The molecule has 0 saturated carbocycles. The maximum Gasteiger partial charge on any atom is 0.257 e. The zero-order valence-electron chi connectivity index (χ0n) is 27.4. The van der Waals surface area contributed by atoms with E-state index in [0.717, 1.165) is 22.3 Å². The van der Waals surface area contributed by atoms with Crippen LogP contribution in [0, 0.1) is 29.1 Å². The summed E-state index contributed by atoms with van der Waals surface area (Å²) in [7, 11) is 0. The van der Waals surface area contributed by atoms with Crippen LogP contribution in [0.15, 0.2) is 109 Å². The molecule has 264 valence electrons. The van der Waals surface area contributed by atoms with Gasteiger partial charge in [0.2, 0.25) is 5.82 Å². The maximum absolute atomic E-state index is 14.1. The zero-order chi connectivity index (χ0) is 35.9. The first kappa shape index (κ1) is 35.9. The van der Waals surface area contributed by atoms with Gasteiger partial charge in [0.15, 0.2) is 29.6 Å². The van der Waals surface area contributed by atoms with Crippen LogP contribution in [-0.2, 0) is 35.7 Å². The Bertz CT molecular complexity index is 1860. The number of carbonyl (C=O) groups is 1. The van der Waals surface area contributed by atoms with E-state index < -0.39 is 46.8 Å². The van der Waals surface area contributed by atoms with Crippen LogP contribution in [0.25, 0.3) is 0 Å². The SMILES string of the molecule is O=C(NCc1ccc([C@@H]2O[C@H](CN(Cc3ccccc3)Cc3ccccc3)C[C@H](c3ccc(CO)cc3)O2)cc1)c1c(F)c(F)c(F)c(F)c1F. The molecule has 1 heterocycles. The topological polar surface area (TPSA) is 71.0 Å².